The fraction of sp³-hybridized carbons (Fsp3) is 0.333. The van der Waals surface area contributed by atoms with Crippen molar-refractivity contribution >= 4 is 23.8 Å². The summed E-state index contributed by atoms with van der Waals surface area (Å²) in [4.78, 5) is 6.66. The van der Waals surface area contributed by atoms with Crippen molar-refractivity contribution in [3.05, 3.63) is 21.7 Å². The van der Waals surface area contributed by atoms with Crippen LogP contribution in [0.25, 0.3) is 0 Å². The number of nitrogens with zero attached hydrogens (tertiary/aromatic N) is 1. The summed E-state index contributed by atoms with van der Waals surface area (Å²) < 4.78 is 0.589. The topological polar surface area (TPSA) is 28.7 Å². The van der Waals surface area contributed by atoms with E-state index in [2.05, 4.69) is 9.97 Å². The first-order valence-corrected chi connectivity index (χ1v) is 3.76. The fourth-order valence-electron chi connectivity index (χ4n) is 0.713. The highest BCUT2D eigenvalue weighted by molar-refractivity contribution is 7.71. The van der Waals surface area contributed by atoms with E-state index in [0.717, 1.165) is 12.0 Å². The van der Waals surface area contributed by atoms with Crippen molar-refractivity contribution in [3.63, 3.8) is 0 Å². The Morgan fingerprint density at radius 1 is 1.80 bits per heavy atom. The van der Waals surface area contributed by atoms with Crippen LogP contribution in [0.3, 0.4) is 0 Å². The summed E-state index contributed by atoms with van der Waals surface area (Å²) in [6, 6.07) is 0. The van der Waals surface area contributed by atoms with Crippen molar-refractivity contribution in [2.45, 2.75) is 13.3 Å². The number of rotatable bonds is 1. The molecule has 1 N–H and O–H groups in total. The molecular weight excluding hydrogens is 168 g/mol. The summed E-state index contributed by atoms with van der Waals surface area (Å²) in [6.45, 7) is 1.99. The zero-order valence-electron chi connectivity index (χ0n) is 5.52. The van der Waals surface area contributed by atoms with Gasteiger partial charge in [0.2, 0.25) is 0 Å². The van der Waals surface area contributed by atoms with Gasteiger partial charge in [-0.3, -0.25) is 0 Å². The van der Waals surface area contributed by atoms with E-state index in [1.54, 1.807) is 0 Å². The first-order valence-electron chi connectivity index (χ1n) is 2.97. The summed E-state index contributed by atoms with van der Waals surface area (Å²) in [6.07, 6.45) is 2.33. The van der Waals surface area contributed by atoms with Gasteiger partial charge in [-0.15, -0.1) is 0 Å². The summed E-state index contributed by atoms with van der Waals surface area (Å²) in [7, 11) is 0. The van der Waals surface area contributed by atoms with E-state index >= 15 is 0 Å². The monoisotopic (exact) mass is 174 g/mol. The van der Waals surface area contributed by atoms with Gasteiger partial charge in [0.25, 0.3) is 0 Å². The molecule has 0 fully saturated rings. The van der Waals surface area contributed by atoms with Crippen molar-refractivity contribution in [2.75, 3.05) is 0 Å². The Morgan fingerprint density at radius 3 is 2.90 bits per heavy atom. The summed E-state index contributed by atoms with van der Waals surface area (Å²) >= 11 is 10.7. The molecular formula is C6H7ClN2S. The number of halogens is 1. The van der Waals surface area contributed by atoms with Crippen LogP contribution in [-0.4, -0.2) is 9.97 Å². The Balaban J connectivity index is 3.31. The molecule has 10 heavy (non-hydrogen) atoms. The zero-order chi connectivity index (χ0) is 7.56. The molecule has 1 rings (SSSR count). The Kier molecular flexibility index (Phi) is 2.40. The lowest BCUT2D eigenvalue weighted by Crippen LogP contribution is -1.89. The average molecular weight is 175 g/mol. The zero-order valence-corrected chi connectivity index (χ0v) is 7.09. The van der Waals surface area contributed by atoms with Gasteiger partial charge in [-0.05, 0) is 6.42 Å². The number of aromatic amines is 1. The van der Waals surface area contributed by atoms with Gasteiger partial charge in [-0.1, -0.05) is 30.7 Å². The highest BCUT2D eigenvalue weighted by Crippen LogP contribution is 2.11. The smallest absolute Gasteiger partial charge is 0.134 e. The highest BCUT2D eigenvalue weighted by Gasteiger charge is 1.98. The van der Waals surface area contributed by atoms with E-state index in [1.807, 2.05) is 6.92 Å². The van der Waals surface area contributed by atoms with Crippen LogP contribution in [0.2, 0.25) is 5.15 Å². The van der Waals surface area contributed by atoms with Crippen molar-refractivity contribution in [2.24, 2.45) is 0 Å². The van der Waals surface area contributed by atoms with Crippen LogP contribution in [0.1, 0.15) is 12.5 Å². The lowest BCUT2D eigenvalue weighted by Gasteiger charge is -1.97. The number of H-pyrrole nitrogens is 1. The fourth-order valence-corrected chi connectivity index (χ4v) is 1.34. The van der Waals surface area contributed by atoms with Gasteiger partial charge in [0.15, 0.2) is 0 Å². The predicted molar refractivity (Wildman–Crippen MR) is 43.8 cm³/mol. The number of aromatic nitrogens is 2. The molecule has 1 aromatic heterocycles. The van der Waals surface area contributed by atoms with E-state index in [9.17, 15) is 0 Å². The molecule has 4 heteroatoms. The number of hydrogen-bond acceptors (Lipinski definition) is 2. The van der Waals surface area contributed by atoms with E-state index < -0.39 is 0 Å². The second-order valence-corrected chi connectivity index (χ2v) is 2.62. The van der Waals surface area contributed by atoms with Crippen molar-refractivity contribution in [3.8, 4) is 0 Å². The SMILES string of the molecule is CCc1c(Cl)[nH]cnc1=S. The minimum absolute atomic E-state index is 0.589. The standard InChI is InChI=1S/C6H7ClN2S/c1-2-4-5(7)8-3-9-6(4)10/h3H,2H2,1H3,(H,8,9,10). The van der Waals surface area contributed by atoms with Crippen LogP contribution in [0.5, 0.6) is 0 Å². The molecule has 0 aliphatic carbocycles. The molecule has 0 amide bonds. The molecule has 2 nitrogen and oxygen atoms in total. The minimum atomic E-state index is 0.589. The Morgan fingerprint density at radius 2 is 2.50 bits per heavy atom. The van der Waals surface area contributed by atoms with Crippen molar-refractivity contribution in [1.82, 2.24) is 9.97 Å². The molecule has 54 valence electrons. The van der Waals surface area contributed by atoms with Gasteiger partial charge in [0.1, 0.15) is 9.79 Å². The van der Waals surface area contributed by atoms with Gasteiger partial charge in [-0.25, -0.2) is 4.98 Å². The van der Waals surface area contributed by atoms with E-state index in [-0.39, 0.29) is 0 Å². The normalized spacial score (nSPS) is 9.80. The molecule has 0 spiro atoms. The maximum atomic E-state index is 5.77. The van der Waals surface area contributed by atoms with Crippen LogP contribution >= 0.6 is 23.8 Å². The molecule has 0 atom stereocenters. The summed E-state index contributed by atoms with van der Waals surface area (Å²) in [5.74, 6) is 0. The Bertz CT molecular complexity index is 281. The van der Waals surface area contributed by atoms with Gasteiger partial charge < -0.3 is 4.98 Å². The lowest BCUT2D eigenvalue weighted by atomic mass is 10.3. The number of hydrogen-bond donors (Lipinski definition) is 1. The van der Waals surface area contributed by atoms with Crippen LogP contribution in [0, 0.1) is 4.64 Å². The quantitative estimate of drug-likeness (QED) is 0.523. The molecule has 0 radical (unpaired) electrons. The summed E-state index contributed by atoms with van der Waals surface area (Å²) in [5, 5.41) is 0.600. The third kappa shape index (κ3) is 1.36. The highest BCUT2D eigenvalue weighted by atomic mass is 35.5. The lowest BCUT2D eigenvalue weighted by molar-refractivity contribution is 1.03. The van der Waals surface area contributed by atoms with E-state index in [4.69, 9.17) is 23.8 Å². The summed E-state index contributed by atoms with van der Waals surface area (Å²) in [5.41, 5.74) is 0.916. The second-order valence-electron chi connectivity index (χ2n) is 1.85. The molecule has 0 aliphatic rings. The average Bonchev–Trinajstić information content (AvgIpc) is 1.88. The first-order chi connectivity index (χ1) is 4.75. The van der Waals surface area contributed by atoms with Gasteiger partial charge >= 0.3 is 0 Å². The molecule has 1 heterocycles. The number of nitrogens with one attached hydrogen (secondary N) is 1. The van der Waals surface area contributed by atoms with E-state index in [0.29, 0.717) is 9.79 Å². The molecule has 0 bridgehead atoms. The molecule has 1 aromatic rings. The maximum absolute atomic E-state index is 5.77. The first kappa shape index (κ1) is 7.69. The molecule has 0 unspecified atom stereocenters. The van der Waals surface area contributed by atoms with Crippen LogP contribution < -0.4 is 0 Å². The van der Waals surface area contributed by atoms with Crippen LogP contribution in [0.4, 0.5) is 0 Å². The molecule has 0 saturated carbocycles. The molecule has 0 saturated heterocycles. The minimum Gasteiger partial charge on any atom is -0.337 e. The van der Waals surface area contributed by atoms with E-state index in [1.165, 1.54) is 6.33 Å². The molecule has 0 aromatic carbocycles. The van der Waals surface area contributed by atoms with Gasteiger partial charge in [0, 0.05) is 5.56 Å². The van der Waals surface area contributed by atoms with Crippen LogP contribution in [0.15, 0.2) is 6.33 Å². The maximum Gasteiger partial charge on any atom is 0.134 e. The Labute approximate surface area is 69.3 Å². The van der Waals surface area contributed by atoms with Crippen molar-refractivity contribution < 1.29 is 0 Å². The van der Waals surface area contributed by atoms with Gasteiger partial charge in [-0.2, -0.15) is 0 Å². The van der Waals surface area contributed by atoms with Crippen LogP contribution in [-0.2, 0) is 6.42 Å². The van der Waals surface area contributed by atoms with Gasteiger partial charge in [0.05, 0.1) is 6.33 Å². The largest absolute Gasteiger partial charge is 0.337 e. The second kappa shape index (κ2) is 3.12. The predicted octanol–water partition coefficient (Wildman–Crippen LogP) is 2.35. The Hall–Kier alpha value is -0.410. The third-order valence-corrected chi connectivity index (χ3v) is 1.94. The third-order valence-electron chi connectivity index (χ3n) is 1.25. The van der Waals surface area contributed by atoms with Crippen molar-refractivity contribution in [1.29, 1.82) is 0 Å². The molecule has 0 aliphatic heterocycles.